The van der Waals surface area contributed by atoms with Crippen molar-refractivity contribution in [2.24, 2.45) is 9.98 Å². The SMILES string of the molecule is Cc1sc2c(c1C)C(c1ccc(Cl)cc1)=N[C@@H](CC(=O)NCCOCCOCC1=N[C@@]3(CCC(=O)NC3=O)CS1)c1nnc(C)n1-2. The highest BCUT2D eigenvalue weighted by atomic mass is 35.5. The minimum atomic E-state index is -0.857. The van der Waals surface area contributed by atoms with Crippen LogP contribution < -0.4 is 10.6 Å². The van der Waals surface area contributed by atoms with Gasteiger partial charge in [-0.05, 0) is 44.9 Å². The van der Waals surface area contributed by atoms with E-state index in [-0.39, 0.29) is 30.7 Å². The van der Waals surface area contributed by atoms with Crippen molar-refractivity contribution in [2.45, 2.75) is 51.6 Å². The molecule has 15 heteroatoms. The van der Waals surface area contributed by atoms with Crippen LogP contribution in [-0.2, 0) is 23.9 Å². The molecule has 3 amide bonds. The molecule has 2 aromatic heterocycles. The van der Waals surface area contributed by atoms with Gasteiger partial charge in [-0.1, -0.05) is 23.7 Å². The number of fused-ring (bicyclic) bond motifs is 3. The van der Waals surface area contributed by atoms with Crippen LogP contribution in [0.4, 0.5) is 0 Å². The van der Waals surface area contributed by atoms with Gasteiger partial charge in [0, 0.05) is 39.7 Å². The highest BCUT2D eigenvalue weighted by Gasteiger charge is 2.46. The number of nitrogens with one attached hydrogen (secondary N) is 2. The number of aryl methyl sites for hydroxylation is 2. The number of halogens is 1. The van der Waals surface area contributed by atoms with Gasteiger partial charge in [-0.2, -0.15) is 0 Å². The molecule has 5 heterocycles. The van der Waals surface area contributed by atoms with Gasteiger partial charge in [0.1, 0.15) is 16.9 Å². The second-order valence-corrected chi connectivity index (χ2v) is 14.0. The minimum Gasteiger partial charge on any atom is -0.377 e. The normalized spacial score (nSPS) is 20.6. The first-order valence-electron chi connectivity index (χ1n) is 15.0. The maximum atomic E-state index is 13.1. The zero-order valence-electron chi connectivity index (χ0n) is 25.7. The molecule has 3 aliphatic rings. The molecule has 3 aliphatic heterocycles. The summed E-state index contributed by atoms with van der Waals surface area (Å²) < 4.78 is 13.3. The van der Waals surface area contributed by atoms with Crippen molar-refractivity contribution in [3.8, 4) is 5.00 Å². The number of aliphatic imine (C=N–C) groups is 2. The molecule has 0 aliphatic carbocycles. The van der Waals surface area contributed by atoms with Crippen molar-refractivity contribution < 1.29 is 23.9 Å². The molecule has 2 N–H and O–H groups in total. The van der Waals surface area contributed by atoms with Gasteiger partial charge in [-0.3, -0.25) is 34.3 Å². The number of thiophene rings is 1. The second kappa shape index (κ2) is 13.7. The molecule has 0 radical (unpaired) electrons. The van der Waals surface area contributed by atoms with E-state index in [0.29, 0.717) is 55.8 Å². The number of thioether (sulfide) groups is 1. The summed E-state index contributed by atoms with van der Waals surface area (Å²) in [5.41, 5.74) is 3.01. The highest BCUT2D eigenvalue weighted by molar-refractivity contribution is 8.14. The van der Waals surface area contributed by atoms with Crippen molar-refractivity contribution in [3.63, 3.8) is 0 Å². The summed E-state index contributed by atoms with van der Waals surface area (Å²) in [6.07, 6.45) is 0.816. The molecule has 6 rings (SSSR count). The van der Waals surface area contributed by atoms with E-state index < -0.39 is 11.6 Å². The quantitative estimate of drug-likeness (QED) is 0.230. The molecule has 12 nitrogen and oxygen atoms in total. The molecule has 1 spiro atoms. The Morgan fingerprint density at radius 3 is 2.70 bits per heavy atom. The maximum absolute atomic E-state index is 13.1. The topological polar surface area (TPSA) is 149 Å². The van der Waals surface area contributed by atoms with Crippen molar-refractivity contribution >= 4 is 63.2 Å². The molecule has 1 saturated heterocycles. The van der Waals surface area contributed by atoms with Gasteiger partial charge < -0.3 is 14.8 Å². The van der Waals surface area contributed by atoms with Crippen LogP contribution in [0.3, 0.4) is 0 Å². The van der Waals surface area contributed by atoms with Crippen LogP contribution in [0.2, 0.25) is 5.02 Å². The fraction of sp³-hybridized carbons (Fsp3) is 0.452. The number of nitrogens with zero attached hydrogens (tertiary/aromatic N) is 5. The van der Waals surface area contributed by atoms with Crippen LogP contribution in [0.1, 0.15) is 58.5 Å². The van der Waals surface area contributed by atoms with Crippen LogP contribution in [0.5, 0.6) is 0 Å². The van der Waals surface area contributed by atoms with Gasteiger partial charge in [0.05, 0.1) is 43.6 Å². The number of piperidine rings is 1. The Hall–Kier alpha value is -3.43. The summed E-state index contributed by atoms with van der Waals surface area (Å²) in [7, 11) is 0. The van der Waals surface area contributed by atoms with E-state index in [4.69, 9.17) is 26.1 Å². The predicted molar refractivity (Wildman–Crippen MR) is 178 cm³/mol. The Bertz CT molecular complexity index is 1730. The van der Waals surface area contributed by atoms with Crippen LogP contribution in [0.15, 0.2) is 34.3 Å². The first-order chi connectivity index (χ1) is 22.1. The van der Waals surface area contributed by atoms with Crippen molar-refractivity contribution in [1.29, 1.82) is 0 Å². The van der Waals surface area contributed by atoms with Crippen molar-refractivity contribution in [2.75, 3.05) is 38.7 Å². The molecule has 0 saturated carbocycles. The first kappa shape index (κ1) is 32.5. The number of carbonyl (C=O) groups excluding carboxylic acids is 3. The third-order valence-corrected chi connectivity index (χ3v) is 10.8. The molecule has 2 atom stereocenters. The van der Waals surface area contributed by atoms with Gasteiger partial charge in [0.15, 0.2) is 11.4 Å². The number of hydrogen-bond donors (Lipinski definition) is 2. The second-order valence-electron chi connectivity index (χ2n) is 11.3. The monoisotopic (exact) mass is 683 g/mol. The number of rotatable bonds is 11. The number of hydrogen-bond acceptors (Lipinski definition) is 11. The summed E-state index contributed by atoms with van der Waals surface area (Å²) in [6.45, 7) is 7.70. The summed E-state index contributed by atoms with van der Waals surface area (Å²) in [4.78, 5) is 47.7. The van der Waals surface area contributed by atoms with E-state index >= 15 is 0 Å². The lowest BCUT2D eigenvalue weighted by molar-refractivity contribution is -0.136. The molecule has 0 bridgehead atoms. The number of carbonyl (C=O) groups is 3. The zero-order chi connectivity index (χ0) is 32.4. The Morgan fingerprint density at radius 2 is 1.91 bits per heavy atom. The van der Waals surface area contributed by atoms with Gasteiger partial charge in [-0.15, -0.1) is 33.3 Å². The summed E-state index contributed by atoms with van der Waals surface area (Å²) in [5, 5.41) is 16.5. The Labute approximate surface area is 279 Å². The summed E-state index contributed by atoms with van der Waals surface area (Å²) in [5.74, 6) is 1.12. The number of aromatic nitrogens is 3. The standard InChI is InChI=1S/C31H34ClN7O5S2/c1-17-18(2)46-29-26(17)27(20-4-6-21(32)7-5-20)34-22(28-38-37-19(3)39(28)29)14-24(41)33-10-11-43-12-13-44-15-25-36-31(16-45-25)9-8-23(40)35-30(31)42/h4-7,22H,8-16H2,1-3H3,(H,33,41)(H,35,40,42)/t22-,31-/m0/s1. The largest absolute Gasteiger partial charge is 0.377 e. The average Bonchev–Trinajstić information content (AvgIpc) is 3.68. The fourth-order valence-electron chi connectivity index (χ4n) is 5.59. The molecular weight excluding hydrogens is 650 g/mol. The molecule has 1 aromatic carbocycles. The van der Waals surface area contributed by atoms with Crippen LogP contribution >= 0.6 is 34.7 Å². The molecule has 3 aromatic rings. The molecule has 1 fully saturated rings. The predicted octanol–water partition coefficient (Wildman–Crippen LogP) is 3.66. The molecule has 0 unspecified atom stereocenters. The number of benzene rings is 1. The lowest BCUT2D eigenvalue weighted by atomic mass is 9.92. The highest BCUT2D eigenvalue weighted by Crippen LogP contribution is 2.39. The van der Waals surface area contributed by atoms with E-state index in [2.05, 4.69) is 39.7 Å². The maximum Gasteiger partial charge on any atom is 0.255 e. The summed E-state index contributed by atoms with van der Waals surface area (Å²) in [6, 6.07) is 7.04. The van der Waals surface area contributed by atoms with Gasteiger partial charge in [-0.25, -0.2) is 0 Å². The lowest BCUT2D eigenvalue weighted by Gasteiger charge is -2.27. The average molecular weight is 684 g/mol. The third kappa shape index (κ3) is 6.67. The van der Waals surface area contributed by atoms with E-state index in [0.717, 1.165) is 38.3 Å². The molecule has 242 valence electrons. The third-order valence-electron chi connectivity index (χ3n) is 8.16. The Balaban J connectivity index is 1.01. The van der Waals surface area contributed by atoms with Crippen molar-refractivity contribution in [1.82, 2.24) is 25.4 Å². The van der Waals surface area contributed by atoms with E-state index in [1.807, 2.05) is 35.8 Å². The van der Waals surface area contributed by atoms with Crippen LogP contribution in [0.25, 0.3) is 5.00 Å². The fourth-order valence-corrected chi connectivity index (χ4v) is 8.08. The Morgan fingerprint density at radius 1 is 1.13 bits per heavy atom. The van der Waals surface area contributed by atoms with Crippen LogP contribution in [0, 0.1) is 20.8 Å². The molecule has 46 heavy (non-hydrogen) atoms. The van der Waals surface area contributed by atoms with Gasteiger partial charge >= 0.3 is 0 Å². The lowest BCUT2D eigenvalue weighted by Crippen LogP contribution is -2.52. The van der Waals surface area contributed by atoms with E-state index in [9.17, 15) is 14.4 Å². The summed E-state index contributed by atoms with van der Waals surface area (Å²) >= 11 is 9.34. The van der Waals surface area contributed by atoms with E-state index in [1.165, 1.54) is 16.6 Å². The first-order valence-corrected chi connectivity index (χ1v) is 17.2. The Kier molecular flexibility index (Phi) is 9.71. The van der Waals surface area contributed by atoms with E-state index in [1.54, 1.807) is 11.3 Å². The minimum absolute atomic E-state index is 0.0960. The van der Waals surface area contributed by atoms with Crippen molar-refractivity contribution in [3.05, 3.63) is 62.5 Å². The number of imide groups is 1. The molecular formula is C31H34ClN7O5S2. The van der Waals surface area contributed by atoms with Crippen LogP contribution in [-0.4, -0.2) is 87.5 Å². The van der Waals surface area contributed by atoms with Gasteiger partial charge in [0.25, 0.3) is 5.91 Å². The zero-order valence-corrected chi connectivity index (χ0v) is 28.1. The van der Waals surface area contributed by atoms with Gasteiger partial charge in [0.2, 0.25) is 11.8 Å². The smallest absolute Gasteiger partial charge is 0.255 e. The number of amides is 3. The number of ether oxygens (including phenoxy) is 2.